The van der Waals surface area contributed by atoms with Crippen LogP contribution in [0, 0.1) is 5.82 Å². The number of halogens is 1. The van der Waals surface area contributed by atoms with Gasteiger partial charge in [-0.3, -0.25) is 9.59 Å². The van der Waals surface area contributed by atoms with E-state index in [2.05, 4.69) is 20.9 Å². The largest absolute Gasteiger partial charge is 0.444 e. The maximum absolute atomic E-state index is 12.9. The lowest BCUT2D eigenvalue weighted by Gasteiger charge is -2.38. The van der Waals surface area contributed by atoms with Crippen molar-refractivity contribution in [3.63, 3.8) is 0 Å². The molecule has 1 aromatic heterocycles. The minimum Gasteiger partial charge on any atom is -0.444 e. The number of hydrogen-bond donors (Lipinski definition) is 3. The lowest BCUT2D eigenvalue weighted by atomic mass is 9.99. The summed E-state index contributed by atoms with van der Waals surface area (Å²) in [6.07, 6.45) is 1.50. The van der Waals surface area contributed by atoms with E-state index < -0.39 is 35.5 Å². The lowest BCUT2D eigenvalue weighted by Crippen LogP contribution is -2.61. The molecule has 2 atom stereocenters. The van der Waals surface area contributed by atoms with Crippen LogP contribution in [0.3, 0.4) is 0 Å². The molecule has 2 heterocycles. The van der Waals surface area contributed by atoms with Gasteiger partial charge in [-0.2, -0.15) is 0 Å². The fourth-order valence-corrected chi connectivity index (χ4v) is 2.91. The van der Waals surface area contributed by atoms with Crippen LogP contribution in [0.4, 0.5) is 15.0 Å². The first kappa shape index (κ1) is 22.5. The highest BCUT2D eigenvalue weighted by Gasteiger charge is 2.32. The standard InChI is InChI=1S/C18H24FN5O4S/c1-18(2,3)28-17(27)22-13-9-24(10-25)7-6-12(13)21-16(29)15(26)23-14-5-4-11(19)8-20-14/h4-5,8,10,12-13H,6-7,9H2,1-3H3,(H,21,29)(H,22,27)(H,20,23,26)/t12-,13+/m0/s1. The van der Waals surface area contributed by atoms with Gasteiger partial charge in [-0.05, 0) is 39.3 Å². The van der Waals surface area contributed by atoms with E-state index in [4.69, 9.17) is 17.0 Å². The molecule has 2 rings (SSSR count). The quantitative estimate of drug-likeness (QED) is 0.491. The number of carbonyl (C=O) groups excluding carboxylic acids is 3. The number of likely N-dealkylation sites (tertiary alicyclic amines) is 1. The third-order valence-corrected chi connectivity index (χ3v) is 4.29. The Bertz CT molecular complexity index is 769. The molecule has 0 spiro atoms. The first-order valence-electron chi connectivity index (χ1n) is 8.99. The molecule has 3 amide bonds. The Hall–Kier alpha value is -2.82. The third kappa shape index (κ3) is 7.26. The first-order chi connectivity index (χ1) is 13.6. The zero-order chi connectivity index (χ0) is 21.6. The van der Waals surface area contributed by atoms with Crippen molar-refractivity contribution in [3.05, 3.63) is 24.1 Å². The number of nitrogens with zero attached hydrogens (tertiary/aromatic N) is 2. The highest BCUT2D eigenvalue weighted by atomic mass is 32.1. The number of aromatic nitrogens is 1. The molecule has 9 nitrogen and oxygen atoms in total. The molecule has 0 unspecified atom stereocenters. The van der Waals surface area contributed by atoms with Crippen LogP contribution in [0.1, 0.15) is 27.2 Å². The Morgan fingerprint density at radius 3 is 2.62 bits per heavy atom. The Kier molecular flexibility index (Phi) is 7.43. The fourth-order valence-electron chi connectivity index (χ4n) is 2.71. The normalized spacial score (nSPS) is 19.1. The number of amides is 3. The van der Waals surface area contributed by atoms with Crippen molar-refractivity contribution in [1.82, 2.24) is 20.5 Å². The zero-order valence-corrected chi connectivity index (χ0v) is 17.2. The molecule has 0 radical (unpaired) electrons. The van der Waals surface area contributed by atoms with Gasteiger partial charge in [0.05, 0.1) is 18.3 Å². The van der Waals surface area contributed by atoms with Crippen LogP contribution in [0.5, 0.6) is 0 Å². The average molecular weight is 425 g/mol. The summed E-state index contributed by atoms with van der Waals surface area (Å²) in [5.41, 5.74) is -0.677. The minimum atomic E-state index is -0.677. The summed E-state index contributed by atoms with van der Waals surface area (Å²) in [6.45, 7) is 5.90. The summed E-state index contributed by atoms with van der Waals surface area (Å²) in [4.78, 5) is 40.7. The highest BCUT2D eigenvalue weighted by molar-refractivity contribution is 7.82. The smallest absolute Gasteiger partial charge is 0.408 e. The van der Waals surface area contributed by atoms with Gasteiger partial charge < -0.3 is 25.6 Å². The number of carbonyl (C=O) groups is 3. The number of anilines is 1. The van der Waals surface area contributed by atoms with Crippen molar-refractivity contribution in [3.8, 4) is 0 Å². The molecule has 1 saturated heterocycles. The Labute approximate surface area is 173 Å². The SMILES string of the molecule is CC(C)(C)OC(=O)N[C@@H]1CN(C=O)CC[C@@H]1NC(=S)C(=O)Nc1ccc(F)cn1. The van der Waals surface area contributed by atoms with Crippen molar-refractivity contribution in [2.75, 3.05) is 18.4 Å². The van der Waals surface area contributed by atoms with Gasteiger partial charge in [-0.15, -0.1) is 0 Å². The van der Waals surface area contributed by atoms with Gasteiger partial charge in [0.25, 0.3) is 5.91 Å². The van der Waals surface area contributed by atoms with Crippen molar-refractivity contribution in [2.24, 2.45) is 0 Å². The number of rotatable bonds is 4. The second-order valence-electron chi connectivity index (χ2n) is 7.54. The molecule has 1 fully saturated rings. The summed E-state index contributed by atoms with van der Waals surface area (Å²) in [6, 6.07) is 1.57. The predicted octanol–water partition coefficient (Wildman–Crippen LogP) is 1.20. The maximum atomic E-state index is 12.9. The van der Waals surface area contributed by atoms with Crippen molar-refractivity contribution in [1.29, 1.82) is 0 Å². The molecule has 0 aliphatic carbocycles. The topological polar surface area (TPSA) is 113 Å². The van der Waals surface area contributed by atoms with Crippen molar-refractivity contribution in [2.45, 2.75) is 44.9 Å². The van der Waals surface area contributed by atoms with Crippen LogP contribution in [-0.2, 0) is 14.3 Å². The second kappa shape index (κ2) is 9.59. The Morgan fingerprint density at radius 1 is 1.31 bits per heavy atom. The summed E-state index contributed by atoms with van der Waals surface area (Å²) < 4.78 is 18.2. The summed E-state index contributed by atoms with van der Waals surface area (Å²) in [5.74, 6) is -0.991. The van der Waals surface area contributed by atoms with Crippen LogP contribution in [0.15, 0.2) is 18.3 Å². The molecule has 29 heavy (non-hydrogen) atoms. The molecule has 0 aromatic carbocycles. The molecule has 1 aliphatic heterocycles. The van der Waals surface area contributed by atoms with E-state index in [0.717, 1.165) is 12.3 Å². The number of piperidine rings is 1. The van der Waals surface area contributed by atoms with E-state index in [-0.39, 0.29) is 17.4 Å². The van der Waals surface area contributed by atoms with Gasteiger partial charge in [0.2, 0.25) is 6.41 Å². The van der Waals surface area contributed by atoms with Gasteiger partial charge in [-0.1, -0.05) is 12.2 Å². The number of pyridine rings is 1. The minimum absolute atomic E-state index is 0.114. The number of alkyl carbamates (subject to hydrolysis) is 1. The van der Waals surface area contributed by atoms with Crippen molar-refractivity contribution < 1.29 is 23.5 Å². The molecule has 1 aliphatic rings. The molecule has 0 saturated carbocycles. The van der Waals surface area contributed by atoms with Crippen LogP contribution < -0.4 is 16.0 Å². The van der Waals surface area contributed by atoms with Crippen LogP contribution in [0.2, 0.25) is 0 Å². The highest BCUT2D eigenvalue weighted by Crippen LogP contribution is 2.13. The van der Waals surface area contributed by atoms with Gasteiger partial charge >= 0.3 is 6.09 Å². The number of nitrogens with one attached hydrogen (secondary N) is 3. The van der Waals surface area contributed by atoms with E-state index in [0.29, 0.717) is 19.4 Å². The van der Waals surface area contributed by atoms with Crippen LogP contribution in [-0.4, -0.2) is 64.1 Å². The zero-order valence-electron chi connectivity index (χ0n) is 16.4. The van der Waals surface area contributed by atoms with Crippen LogP contribution in [0.25, 0.3) is 0 Å². The number of hydrogen-bond acceptors (Lipinski definition) is 6. The molecule has 0 bridgehead atoms. The van der Waals surface area contributed by atoms with E-state index >= 15 is 0 Å². The fraction of sp³-hybridized carbons (Fsp3) is 0.500. The molecular weight excluding hydrogens is 401 g/mol. The first-order valence-corrected chi connectivity index (χ1v) is 9.40. The van der Waals surface area contributed by atoms with Crippen molar-refractivity contribution >= 4 is 41.4 Å². The molecular formula is C18H24FN5O4S. The molecule has 3 N–H and O–H groups in total. The summed E-state index contributed by atoms with van der Waals surface area (Å²) in [5, 5.41) is 8.10. The molecule has 11 heteroatoms. The Morgan fingerprint density at radius 2 is 2.03 bits per heavy atom. The molecule has 1 aromatic rings. The second-order valence-corrected chi connectivity index (χ2v) is 7.95. The van der Waals surface area contributed by atoms with Crippen LogP contribution >= 0.6 is 12.2 Å². The summed E-state index contributed by atoms with van der Waals surface area (Å²) >= 11 is 5.14. The van der Waals surface area contributed by atoms with Gasteiger partial charge in [-0.25, -0.2) is 14.2 Å². The number of ether oxygens (including phenoxy) is 1. The van der Waals surface area contributed by atoms with Gasteiger partial charge in [0, 0.05) is 13.1 Å². The monoisotopic (exact) mass is 425 g/mol. The van der Waals surface area contributed by atoms with E-state index in [1.165, 1.54) is 11.0 Å². The average Bonchev–Trinajstić information content (AvgIpc) is 2.63. The van der Waals surface area contributed by atoms with Gasteiger partial charge in [0.15, 0.2) is 4.99 Å². The van der Waals surface area contributed by atoms with E-state index in [9.17, 15) is 18.8 Å². The molecule has 158 valence electrons. The maximum Gasteiger partial charge on any atom is 0.408 e. The predicted molar refractivity (Wildman–Crippen MR) is 108 cm³/mol. The summed E-state index contributed by atoms with van der Waals surface area (Å²) in [7, 11) is 0. The van der Waals surface area contributed by atoms with E-state index in [1.54, 1.807) is 20.8 Å². The Balaban J connectivity index is 1.99. The third-order valence-electron chi connectivity index (χ3n) is 3.99. The lowest BCUT2D eigenvalue weighted by molar-refractivity contribution is -0.119. The van der Waals surface area contributed by atoms with E-state index in [1.807, 2.05) is 0 Å². The number of thiocarbonyl (C=S) groups is 1. The van der Waals surface area contributed by atoms with Gasteiger partial charge in [0.1, 0.15) is 17.2 Å².